The number of rotatable bonds is 6. The Balaban J connectivity index is 1.58. The number of imide groups is 1. The van der Waals surface area contributed by atoms with Gasteiger partial charge in [-0.15, -0.1) is 0 Å². The predicted octanol–water partition coefficient (Wildman–Crippen LogP) is 7.72. The second kappa shape index (κ2) is 11.4. The summed E-state index contributed by atoms with van der Waals surface area (Å²) in [5.41, 5.74) is 1.41. The fourth-order valence-corrected chi connectivity index (χ4v) is 5.51. The molecule has 3 aromatic carbocycles. The van der Waals surface area contributed by atoms with Crippen LogP contribution in [0.15, 0.2) is 59.5 Å². The molecule has 0 aliphatic carbocycles. The van der Waals surface area contributed by atoms with Crippen molar-refractivity contribution in [1.82, 2.24) is 4.90 Å². The van der Waals surface area contributed by atoms with Crippen LogP contribution in [0.3, 0.4) is 0 Å². The smallest absolute Gasteiger partial charge is 0.343 e. The van der Waals surface area contributed by atoms with Gasteiger partial charge in [-0.3, -0.25) is 14.5 Å². The van der Waals surface area contributed by atoms with E-state index in [1.54, 1.807) is 60.7 Å². The van der Waals surface area contributed by atoms with E-state index < -0.39 is 17.1 Å². The summed E-state index contributed by atoms with van der Waals surface area (Å²) in [7, 11) is 1.44. The highest BCUT2D eigenvalue weighted by Gasteiger charge is 2.36. The number of hydrogen-bond acceptors (Lipinski definition) is 6. The number of thioether (sulfide) groups is 1. The topological polar surface area (TPSA) is 72.9 Å². The quantitative estimate of drug-likeness (QED) is 0.115. The molecule has 1 heterocycles. The third kappa shape index (κ3) is 5.84. The lowest BCUT2D eigenvalue weighted by molar-refractivity contribution is -0.123. The molecule has 0 saturated carbocycles. The molecule has 1 fully saturated rings. The summed E-state index contributed by atoms with van der Waals surface area (Å²) in [6, 6.07) is 14.6. The first kappa shape index (κ1) is 26.8. The summed E-state index contributed by atoms with van der Waals surface area (Å²) in [4.78, 5) is 39.5. The van der Waals surface area contributed by atoms with Gasteiger partial charge in [0.05, 0.1) is 27.7 Å². The first-order valence-electron chi connectivity index (χ1n) is 10.2. The van der Waals surface area contributed by atoms with Crippen molar-refractivity contribution in [3.63, 3.8) is 0 Å². The molecule has 36 heavy (non-hydrogen) atoms. The zero-order valence-electron chi connectivity index (χ0n) is 18.4. The number of halogens is 4. The molecule has 0 radical (unpaired) electrons. The minimum absolute atomic E-state index is 0.0407. The Kier molecular flexibility index (Phi) is 8.52. The second-order valence-electron chi connectivity index (χ2n) is 7.40. The van der Waals surface area contributed by atoms with E-state index in [0.717, 1.165) is 16.7 Å². The molecule has 1 aliphatic heterocycles. The number of hydrogen-bond donors (Lipinski definition) is 0. The van der Waals surface area contributed by atoms with Crippen molar-refractivity contribution < 1.29 is 23.9 Å². The lowest BCUT2D eigenvalue weighted by atomic mass is 10.1. The standard InChI is InChI=1S/C25H15Cl3INO5S/c1-34-20-10-13(9-19(29)22(20)35-24(32)14-5-7-15(26)8-6-14)11-21-23(31)30(25(33)36-21)12-16-17(27)3-2-4-18(16)28/h2-11H,12H2,1H3/b21-11-. The molecule has 11 heteroatoms. The van der Waals surface area contributed by atoms with Crippen LogP contribution in [0, 0.1) is 3.57 Å². The summed E-state index contributed by atoms with van der Waals surface area (Å²) >= 11 is 21.1. The number of benzene rings is 3. The average Bonchev–Trinajstić information content (AvgIpc) is 3.10. The van der Waals surface area contributed by atoms with Crippen LogP contribution in [0.2, 0.25) is 15.1 Å². The summed E-state index contributed by atoms with van der Waals surface area (Å²) in [5.74, 6) is -0.516. The van der Waals surface area contributed by atoms with Gasteiger partial charge < -0.3 is 9.47 Å². The Bertz CT molecular complexity index is 1390. The van der Waals surface area contributed by atoms with Crippen LogP contribution in [-0.4, -0.2) is 29.1 Å². The molecule has 0 unspecified atom stereocenters. The fourth-order valence-electron chi connectivity index (χ4n) is 3.29. The van der Waals surface area contributed by atoms with E-state index in [2.05, 4.69) is 0 Å². The third-order valence-electron chi connectivity index (χ3n) is 5.08. The minimum atomic E-state index is -0.574. The van der Waals surface area contributed by atoms with Gasteiger partial charge >= 0.3 is 5.97 Å². The van der Waals surface area contributed by atoms with E-state index in [-0.39, 0.29) is 22.9 Å². The molecule has 0 bridgehead atoms. The van der Waals surface area contributed by atoms with Gasteiger partial charge in [0.25, 0.3) is 11.1 Å². The molecule has 0 aromatic heterocycles. The van der Waals surface area contributed by atoms with Crippen molar-refractivity contribution in [3.8, 4) is 11.5 Å². The Hall–Kier alpha value is -2.24. The van der Waals surface area contributed by atoms with Gasteiger partial charge in [-0.2, -0.15) is 0 Å². The summed E-state index contributed by atoms with van der Waals surface area (Å²) in [6.07, 6.45) is 1.58. The van der Waals surface area contributed by atoms with Gasteiger partial charge in [0.1, 0.15) is 0 Å². The van der Waals surface area contributed by atoms with Gasteiger partial charge in [0, 0.05) is 20.6 Å². The molecule has 0 spiro atoms. The van der Waals surface area contributed by atoms with Crippen LogP contribution in [0.5, 0.6) is 11.5 Å². The van der Waals surface area contributed by atoms with Gasteiger partial charge in [-0.1, -0.05) is 40.9 Å². The SMILES string of the molecule is COc1cc(/C=C2\SC(=O)N(Cc3c(Cl)cccc3Cl)C2=O)cc(I)c1OC(=O)c1ccc(Cl)cc1. The predicted molar refractivity (Wildman–Crippen MR) is 150 cm³/mol. The van der Waals surface area contributed by atoms with E-state index in [4.69, 9.17) is 44.3 Å². The normalized spacial score (nSPS) is 14.5. The number of methoxy groups -OCH3 is 1. The molecular weight excluding hydrogens is 660 g/mol. The first-order valence-corrected chi connectivity index (χ1v) is 13.2. The number of ether oxygens (including phenoxy) is 2. The zero-order chi connectivity index (χ0) is 26.0. The van der Waals surface area contributed by atoms with Crippen LogP contribution < -0.4 is 9.47 Å². The largest absolute Gasteiger partial charge is 0.493 e. The molecule has 3 aromatic rings. The number of nitrogens with zero attached hydrogens (tertiary/aromatic N) is 1. The van der Waals surface area contributed by atoms with Crippen LogP contribution in [0.25, 0.3) is 6.08 Å². The maximum atomic E-state index is 13.0. The van der Waals surface area contributed by atoms with Crippen molar-refractivity contribution in [2.45, 2.75) is 6.54 Å². The minimum Gasteiger partial charge on any atom is -0.493 e. The second-order valence-corrected chi connectivity index (χ2v) is 10.8. The van der Waals surface area contributed by atoms with Crippen molar-refractivity contribution in [2.75, 3.05) is 7.11 Å². The Morgan fingerprint density at radius 2 is 1.72 bits per heavy atom. The van der Waals surface area contributed by atoms with E-state index in [0.29, 0.717) is 35.3 Å². The molecular formula is C25H15Cl3INO5S. The van der Waals surface area contributed by atoms with Gasteiger partial charge in [0.15, 0.2) is 11.5 Å². The van der Waals surface area contributed by atoms with E-state index in [1.165, 1.54) is 7.11 Å². The Labute approximate surface area is 239 Å². The number of esters is 1. The lowest BCUT2D eigenvalue weighted by Gasteiger charge is -2.15. The highest BCUT2D eigenvalue weighted by atomic mass is 127. The molecule has 0 atom stereocenters. The Morgan fingerprint density at radius 3 is 2.36 bits per heavy atom. The highest BCUT2D eigenvalue weighted by Crippen LogP contribution is 2.39. The molecule has 184 valence electrons. The molecule has 2 amide bonds. The summed E-state index contributed by atoms with van der Waals surface area (Å²) in [6.45, 7) is -0.0407. The number of carbonyl (C=O) groups excluding carboxylic acids is 3. The molecule has 1 saturated heterocycles. The van der Waals surface area contributed by atoms with E-state index in [1.807, 2.05) is 22.6 Å². The third-order valence-corrected chi connectivity index (χ3v) is 7.74. The fraction of sp³-hybridized carbons (Fsp3) is 0.0800. The average molecular weight is 675 g/mol. The van der Waals surface area contributed by atoms with E-state index >= 15 is 0 Å². The molecule has 1 aliphatic rings. The van der Waals surface area contributed by atoms with Crippen LogP contribution >= 0.6 is 69.2 Å². The van der Waals surface area contributed by atoms with Crippen molar-refractivity contribution in [3.05, 3.63) is 94.8 Å². The van der Waals surface area contributed by atoms with Crippen LogP contribution in [0.4, 0.5) is 4.79 Å². The molecule has 4 rings (SSSR count). The zero-order valence-corrected chi connectivity index (χ0v) is 23.6. The first-order chi connectivity index (χ1) is 17.2. The number of amides is 2. The maximum Gasteiger partial charge on any atom is 0.343 e. The number of carbonyl (C=O) groups is 3. The van der Waals surface area contributed by atoms with Crippen LogP contribution in [0.1, 0.15) is 21.5 Å². The molecule has 6 nitrogen and oxygen atoms in total. The highest BCUT2D eigenvalue weighted by molar-refractivity contribution is 14.1. The van der Waals surface area contributed by atoms with Crippen molar-refractivity contribution in [2.24, 2.45) is 0 Å². The summed E-state index contributed by atoms with van der Waals surface area (Å²) in [5, 5.41) is 0.807. The van der Waals surface area contributed by atoms with Gasteiger partial charge in [-0.05, 0) is 94.5 Å². The molecule has 0 N–H and O–H groups in total. The summed E-state index contributed by atoms with van der Waals surface area (Å²) < 4.78 is 11.6. The monoisotopic (exact) mass is 673 g/mol. The van der Waals surface area contributed by atoms with Crippen molar-refractivity contribution in [1.29, 1.82) is 0 Å². The lowest BCUT2D eigenvalue weighted by Crippen LogP contribution is -2.27. The Morgan fingerprint density at radius 1 is 1.06 bits per heavy atom. The maximum absolute atomic E-state index is 13.0. The van der Waals surface area contributed by atoms with E-state index in [9.17, 15) is 14.4 Å². The van der Waals surface area contributed by atoms with Gasteiger partial charge in [0.2, 0.25) is 0 Å². The van der Waals surface area contributed by atoms with Crippen molar-refractivity contribution >= 4 is 92.3 Å². The van der Waals surface area contributed by atoms with Crippen LogP contribution in [-0.2, 0) is 11.3 Å². The van der Waals surface area contributed by atoms with Gasteiger partial charge in [-0.25, -0.2) is 4.79 Å².